The van der Waals surface area contributed by atoms with Gasteiger partial charge in [0, 0.05) is 5.02 Å². The Morgan fingerprint density at radius 3 is 2.70 bits per heavy atom. The second-order valence-corrected chi connectivity index (χ2v) is 6.96. The SMILES string of the molecule is CC(NC(=O)c1cn(C2CCNCC2)nn1)(C(N)=O)c1cccc(Cl)c1.Cl. The third-order valence-electron chi connectivity index (χ3n) is 4.68. The number of nitrogens with zero attached hydrogens (tertiary/aromatic N) is 3. The van der Waals surface area contributed by atoms with Crippen LogP contribution < -0.4 is 16.4 Å². The molecule has 0 saturated carbocycles. The number of halogens is 2. The van der Waals surface area contributed by atoms with Crippen molar-refractivity contribution in [2.75, 3.05) is 13.1 Å². The maximum absolute atomic E-state index is 12.6. The van der Waals surface area contributed by atoms with Crippen molar-refractivity contribution in [1.29, 1.82) is 0 Å². The molecule has 10 heteroatoms. The summed E-state index contributed by atoms with van der Waals surface area (Å²) in [6, 6.07) is 6.86. The highest BCUT2D eigenvalue weighted by atomic mass is 35.5. The van der Waals surface area contributed by atoms with Gasteiger partial charge in [0.05, 0.1) is 12.2 Å². The maximum Gasteiger partial charge on any atom is 0.274 e. The van der Waals surface area contributed by atoms with Crippen molar-refractivity contribution in [2.45, 2.75) is 31.3 Å². The first kappa shape index (κ1) is 21.1. The summed E-state index contributed by atoms with van der Waals surface area (Å²) in [4.78, 5) is 24.7. The number of nitrogens with one attached hydrogen (secondary N) is 2. The van der Waals surface area contributed by atoms with Crippen LogP contribution in [0.3, 0.4) is 0 Å². The van der Waals surface area contributed by atoms with E-state index in [-0.39, 0.29) is 24.1 Å². The molecular formula is C17H22Cl2N6O2. The molecule has 0 bridgehead atoms. The van der Waals surface area contributed by atoms with Crippen LogP contribution in [0.15, 0.2) is 30.5 Å². The largest absolute Gasteiger partial charge is 0.367 e. The Bertz CT molecular complexity index is 821. The maximum atomic E-state index is 12.6. The van der Waals surface area contributed by atoms with Gasteiger partial charge in [0.15, 0.2) is 5.69 Å². The van der Waals surface area contributed by atoms with E-state index in [1.54, 1.807) is 35.1 Å². The van der Waals surface area contributed by atoms with Crippen LogP contribution in [0.25, 0.3) is 0 Å². The Morgan fingerprint density at radius 1 is 1.37 bits per heavy atom. The predicted octanol–water partition coefficient (Wildman–Crippen LogP) is 1.41. The molecule has 2 aromatic rings. The molecule has 1 aliphatic heterocycles. The fourth-order valence-electron chi connectivity index (χ4n) is 3.00. The first-order valence-electron chi connectivity index (χ1n) is 8.41. The zero-order valence-electron chi connectivity index (χ0n) is 14.8. The predicted molar refractivity (Wildman–Crippen MR) is 104 cm³/mol. The zero-order valence-corrected chi connectivity index (χ0v) is 16.4. The summed E-state index contributed by atoms with van der Waals surface area (Å²) in [5, 5.41) is 14.4. The molecule has 2 amide bonds. The molecule has 3 rings (SSSR count). The van der Waals surface area contributed by atoms with Crippen molar-refractivity contribution >= 4 is 35.8 Å². The molecule has 1 aliphatic rings. The summed E-state index contributed by atoms with van der Waals surface area (Å²) < 4.78 is 1.71. The highest BCUT2D eigenvalue weighted by Gasteiger charge is 2.36. The van der Waals surface area contributed by atoms with E-state index in [4.69, 9.17) is 17.3 Å². The second-order valence-electron chi connectivity index (χ2n) is 6.52. The standard InChI is InChI=1S/C17H21ClN6O2.ClH/c1-17(16(19)26,11-3-2-4-12(18)9-11)21-15(25)14-10-24(23-22-14)13-5-7-20-8-6-13;/h2-4,9-10,13,20H,5-8H2,1H3,(H2,19,26)(H,21,25);1H. The quantitative estimate of drug-likeness (QED) is 0.686. The Hall–Kier alpha value is -2.16. The van der Waals surface area contributed by atoms with Crippen molar-refractivity contribution in [3.8, 4) is 0 Å². The molecule has 0 aliphatic carbocycles. The molecule has 1 atom stereocenters. The smallest absolute Gasteiger partial charge is 0.274 e. The number of nitrogens with two attached hydrogens (primary N) is 1. The van der Waals surface area contributed by atoms with Gasteiger partial charge in [-0.1, -0.05) is 28.9 Å². The Labute approximate surface area is 168 Å². The van der Waals surface area contributed by atoms with Crippen molar-refractivity contribution in [1.82, 2.24) is 25.6 Å². The van der Waals surface area contributed by atoms with E-state index < -0.39 is 17.4 Å². The molecule has 1 aromatic heterocycles. The van der Waals surface area contributed by atoms with Crippen LogP contribution in [0.1, 0.15) is 41.9 Å². The molecule has 0 spiro atoms. The van der Waals surface area contributed by atoms with Crippen molar-refractivity contribution < 1.29 is 9.59 Å². The molecule has 27 heavy (non-hydrogen) atoms. The van der Waals surface area contributed by atoms with E-state index in [0.29, 0.717) is 10.6 Å². The number of amides is 2. The topological polar surface area (TPSA) is 115 Å². The fraction of sp³-hybridized carbons (Fsp3) is 0.412. The van der Waals surface area contributed by atoms with E-state index in [2.05, 4.69) is 20.9 Å². The molecule has 4 N–H and O–H groups in total. The summed E-state index contributed by atoms with van der Waals surface area (Å²) in [6.07, 6.45) is 3.45. The summed E-state index contributed by atoms with van der Waals surface area (Å²) in [7, 11) is 0. The van der Waals surface area contributed by atoms with E-state index in [1.165, 1.54) is 6.92 Å². The first-order valence-corrected chi connectivity index (χ1v) is 8.79. The number of carbonyl (C=O) groups is 2. The van der Waals surface area contributed by atoms with Crippen LogP contribution in [-0.2, 0) is 10.3 Å². The third kappa shape index (κ3) is 4.58. The molecule has 0 radical (unpaired) electrons. The molecule has 2 heterocycles. The molecule has 1 aromatic carbocycles. The first-order chi connectivity index (χ1) is 12.4. The zero-order chi connectivity index (χ0) is 18.7. The minimum Gasteiger partial charge on any atom is -0.367 e. The van der Waals surface area contributed by atoms with Crippen LogP contribution in [0, 0.1) is 0 Å². The number of hydrogen-bond donors (Lipinski definition) is 3. The number of benzene rings is 1. The van der Waals surface area contributed by atoms with Crippen LogP contribution in [-0.4, -0.2) is 39.9 Å². The van der Waals surface area contributed by atoms with Gasteiger partial charge < -0.3 is 16.4 Å². The molecular weight excluding hydrogens is 391 g/mol. The second kappa shape index (κ2) is 8.69. The lowest BCUT2D eigenvalue weighted by atomic mass is 9.91. The highest BCUT2D eigenvalue weighted by Crippen LogP contribution is 2.24. The minimum absolute atomic E-state index is 0. The fourth-order valence-corrected chi connectivity index (χ4v) is 3.19. The molecule has 146 valence electrons. The normalized spacial score (nSPS) is 16.8. The minimum atomic E-state index is -1.42. The summed E-state index contributed by atoms with van der Waals surface area (Å²) >= 11 is 6.00. The number of primary amides is 1. The highest BCUT2D eigenvalue weighted by molar-refractivity contribution is 6.30. The van der Waals surface area contributed by atoms with Gasteiger partial charge in [0.2, 0.25) is 5.91 Å². The Morgan fingerprint density at radius 2 is 2.07 bits per heavy atom. The van der Waals surface area contributed by atoms with Crippen LogP contribution in [0.5, 0.6) is 0 Å². The average molecular weight is 413 g/mol. The molecule has 8 nitrogen and oxygen atoms in total. The Kier molecular flexibility index (Phi) is 6.80. The summed E-state index contributed by atoms with van der Waals surface area (Å²) in [6.45, 7) is 3.34. The van der Waals surface area contributed by atoms with E-state index in [9.17, 15) is 9.59 Å². The lowest BCUT2D eigenvalue weighted by Crippen LogP contribution is -2.52. The molecule has 1 saturated heterocycles. The lowest BCUT2D eigenvalue weighted by Gasteiger charge is -2.27. The average Bonchev–Trinajstić information content (AvgIpc) is 3.12. The Balaban J connectivity index is 0.00000261. The number of hydrogen-bond acceptors (Lipinski definition) is 5. The number of carbonyl (C=O) groups excluding carboxylic acids is 2. The molecule has 1 unspecified atom stereocenters. The summed E-state index contributed by atoms with van der Waals surface area (Å²) in [5.74, 6) is -1.22. The lowest BCUT2D eigenvalue weighted by molar-refractivity contribution is -0.123. The number of piperidine rings is 1. The van der Waals surface area contributed by atoms with Crippen LogP contribution in [0.4, 0.5) is 0 Å². The van der Waals surface area contributed by atoms with Gasteiger partial charge in [-0.15, -0.1) is 17.5 Å². The van der Waals surface area contributed by atoms with E-state index >= 15 is 0 Å². The van der Waals surface area contributed by atoms with E-state index in [1.807, 2.05) is 0 Å². The van der Waals surface area contributed by atoms with Gasteiger partial charge in [-0.05, 0) is 50.6 Å². The van der Waals surface area contributed by atoms with Gasteiger partial charge in [0.1, 0.15) is 5.54 Å². The van der Waals surface area contributed by atoms with Gasteiger partial charge in [-0.25, -0.2) is 4.68 Å². The van der Waals surface area contributed by atoms with E-state index in [0.717, 1.165) is 25.9 Å². The van der Waals surface area contributed by atoms with Crippen molar-refractivity contribution in [3.05, 3.63) is 46.7 Å². The van der Waals surface area contributed by atoms with Gasteiger partial charge >= 0.3 is 0 Å². The van der Waals surface area contributed by atoms with Gasteiger partial charge in [-0.2, -0.15) is 0 Å². The monoisotopic (exact) mass is 412 g/mol. The van der Waals surface area contributed by atoms with Crippen LogP contribution >= 0.6 is 24.0 Å². The van der Waals surface area contributed by atoms with Gasteiger partial charge in [-0.3, -0.25) is 9.59 Å². The van der Waals surface area contributed by atoms with Crippen molar-refractivity contribution in [3.63, 3.8) is 0 Å². The van der Waals surface area contributed by atoms with Crippen molar-refractivity contribution in [2.24, 2.45) is 5.73 Å². The van der Waals surface area contributed by atoms with Crippen LogP contribution in [0.2, 0.25) is 5.02 Å². The summed E-state index contributed by atoms with van der Waals surface area (Å²) in [5.41, 5.74) is 4.77. The molecule has 1 fully saturated rings. The number of aromatic nitrogens is 3. The third-order valence-corrected chi connectivity index (χ3v) is 4.92. The number of rotatable bonds is 5. The van der Waals surface area contributed by atoms with Gasteiger partial charge in [0.25, 0.3) is 5.91 Å².